The summed E-state index contributed by atoms with van der Waals surface area (Å²) in [6.07, 6.45) is 4.32. The maximum Gasteiger partial charge on any atom is 0.124 e. The van der Waals surface area contributed by atoms with Crippen molar-refractivity contribution in [3.63, 3.8) is 0 Å². The van der Waals surface area contributed by atoms with Crippen LogP contribution >= 0.6 is 0 Å². The number of aromatic nitrogens is 2. The van der Waals surface area contributed by atoms with Crippen LogP contribution in [-0.2, 0) is 24.3 Å². The van der Waals surface area contributed by atoms with Crippen molar-refractivity contribution in [3.05, 3.63) is 48.0 Å². The SMILES string of the molecule is Cn1cc(CCS(=O)c2cccc(F)c2)cn1. The Morgan fingerprint density at radius 3 is 2.94 bits per heavy atom. The Labute approximate surface area is 102 Å². The van der Waals surface area contributed by atoms with E-state index >= 15 is 0 Å². The van der Waals surface area contributed by atoms with E-state index in [-0.39, 0.29) is 5.82 Å². The summed E-state index contributed by atoms with van der Waals surface area (Å²) in [5.74, 6) is 0.132. The van der Waals surface area contributed by atoms with E-state index in [9.17, 15) is 8.60 Å². The summed E-state index contributed by atoms with van der Waals surface area (Å²) in [5.41, 5.74) is 1.04. The van der Waals surface area contributed by atoms with E-state index in [1.165, 1.54) is 12.1 Å². The molecule has 0 saturated carbocycles. The molecule has 2 aromatic rings. The Hall–Kier alpha value is -1.49. The first-order valence-electron chi connectivity index (χ1n) is 5.26. The Balaban J connectivity index is 1.98. The molecule has 17 heavy (non-hydrogen) atoms. The third kappa shape index (κ3) is 3.23. The first-order valence-corrected chi connectivity index (χ1v) is 6.58. The average molecular weight is 252 g/mol. The third-order valence-corrected chi connectivity index (χ3v) is 3.75. The number of benzene rings is 1. The van der Waals surface area contributed by atoms with Crippen molar-refractivity contribution < 1.29 is 8.60 Å². The van der Waals surface area contributed by atoms with Gasteiger partial charge in [-0.25, -0.2) is 4.39 Å². The van der Waals surface area contributed by atoms with Gasteiger partial charge in [-0.15, -0.1) is 0 Å². The third-order valence-electron chi connectivity index (χ3n) is 2.39. The van der Waals surface area contributed by atoms with Crippen LogP contribution in [0.25, 0.3) is 0 Å². The maximum absolute atomic E-state index is 12.9. The highest BCUT2D eigenvalue weighted by atomic mass is 32.2. The minimum Gasteiger partial charge on any atom is -0.276 e. The molecule has 90 valence electrons. The smallest absolute Gasteiger partial charge is 0.124 e. The van der Waals surface area contributed by atoms with Gasteiger partial charge in [0, 0.05) is 23.9 Å². The number of nitrogens with zero attached hydrogens (tertiary/aromatic N) is 2. The minimum atomic E-state index is -1.16. The van der Waals surface area contributed by atoms with Gasteiger partial charge in [-0.1, -0.05) is 6.07 Å². The number of aryl methyl sites for hydroxylation is 2. The fourth-order valence-corrected chi connectivity index (χ4v) is 2.67. The van der Waals surface area contributed by atoms with Crippen LogP contribution < -0.4 is 0 Å². The molecule has 0 bridgehead atoms. The van der Waals surface area contributed by atoms with Gasteiger partial charge in [0.15, 0.2) is 0 Å². The Bertz CT molecular complexity index is 539. The lowest BCUT2D eigenvalue weighted by Gasteiger charge is -2.01. The second kappa shape index (κ2) is 5.23. The van der Waals surface area contributed by atoms with E-state index in [1.807, 2.05) is 13.2 Å². The van der Waals surface area contributed by atoms with Crippen molar-refractivity contribution in [2.75, 3.05) is 5.75 Å². The molecular weight excluding hydrogens is 239 g/mol. The Morgan fingerprint density at radius 1 is 1.47 bits per heavy atom. The van der Waals surface area contributed by atoms with Crippen LogP contribution in [0.2, 0.25) is 0 Å². The molecule has 0 spiro atoms. The van der Waals surface area contributed by atoms with Gasteiger partial charge in [0.2, 0.25) is 0 Å². The fourth-order valence-electron chi connectivity index (χ4n) is 1.54. The van der Waals surface area contributed by atoms with Gasteiger partial charge in [-0.2, -0.15) is 5.10 Å². The predicted octanol–water partition coefficient (Wildman–Crippen LogP) is 1.91. The van der Waals surface area contributed by atoms with Crippen LogP contribution in [0.15, 0.2) is 41.6 Å². The second-order valence-corrected chi connectivity index (χ2v) is 5.35. The molecule has 5 heteroatoms. The maximum atomic E-state index is 12.9. The molecule has 0 fully saturated rings. The number of halogens is 1. The van der Waals surface area contributed by atoms with Gasteiger partial charge in [0.05, 0.1) is 17.0 Å². The summed E-state index contributed by atoms with van der Waals surface area (Å²) in [5, 5.41) is 4.04. The van der Waals surface area contributed by atoms with Gasteiger partial charge in [0.25, 0.3) is 0 Å². The lowest BCUT2D eigenvalue weighted by atomic mass is 10.3. The molecule has 0 amide bonds. The van der Waals surface area contributed by atoms with E-state index in [2.05, 4.69) is 5.10 Å². The van der Waals surface area contributed by atoms with Crippen molar-refractivity contribution in [2.24, 2.45) is 7.05 Å². The van der Waals surface area contributed by atoms with Crippen molar-refractivity contribution in [1.29, 1.82) is 0 Å². The molecule has 3 nitrogen and oxygen atoms in total. The molecule has 1 aromatic carbocycles. The zero-order valence-corrected chi connectivity index (χ0v) is 10.3. The summed E-state index contributed by atoms with van der Waals surface area (Å²) in [6, 6.07) is 5.93. The summed E-state index contributed by atoms with van der Waals surface area (Å²) >= 11 is 0. The number of hydrogen-bond acceptors (Lipinski definition) is 2. The molecular formula is C12H13FN2OS. The molecule has 0 N–H and O–H groups in total. The zero-order valence-electron chi connectivity index (χ0n) is 9.47. The zero-order chi connectivity index (χ0) is 12.3. The molecule has 0 radical (unpaired) electrons. The molecule has 1 heterocycles. The lowest BCUT2D eigenvalue weighted by molar-refractivity contribution is 0.622. The standard InChI is InChI=1S/C12H13FN2OS/c1-15-9-10(8-14-15)5-6-17(16)12-4-2-3-11(13)7-12/h2-4,7-9H,5-6H2,1H3. The second-order valence-electron chi connectivity index (χ2n) is 3.78. The quantitative estimate of drug-likeness (QED) is 0.833. The van der Waals surface area contributed by atoms with Crippen molar-refractivity contribution in [2.45, 2.75) is 11.3 Å². The Morgan fingerprint density at radius 2 is 2.29 bits per heavy atom. The molecule has 0 aliphatic rings. The number of rotatable bonds is 4. The normalized spacial score (nSPS) is 12.6. The van der Waals surface area contributed by atoms with Crippen molar-refractivity contribution >= 4 is 10.8 Å². The molecule has 2 rings (SSSR count). The Kier molecular flexibility index (Phi) is 3.68. The van der Waals surface area contributed by atoms with Gasteiger partial charge in [0.1, 0.15) is 5.82 Å². The molecule has 0 saturated heterocycles. The monoisotopic (exact) mass is 252 g/mol. The minimum absolute atomic E-state index is 0.350. The van der Waals surface area contributed by atoms with Gasteiger partial charge < -0.3 is 0 Å². The van der Waals surface area contributed by atoms with E-state index in [1.54, 1.807) is 23.0 Å². The molecule has 0 aliphatic heterocycles. The van der Waals surface area contributed by atoms with E-state index in [0.717, 1.165) is 5.56 Å². The van der Waals surface area contributed by atoms with Gasteiger partial charge >= 0.3 is 0 Å². The van der Waals surface area contributed by atoms with Crippen LogP contribution in [0.5, 0.6) is 0 Å². The van der Waals surface area contributed by atoms with E-state index in [4.69, 9.17) is 0 Å². The molecule has 0 aliphatic carbocycles. The highest BCUT2D eigenvalue weighted by molar-refractivity contribution is 7.85. The first-order chi connectivity index (χ1) is 8.15. The van der Waals surface area contributed by atoms with Gasteiger partial charge in [-0.3, -0.25) is 8.89 Å². The van der Waals surface area contributed by atoms with Crippen molar-refractivity contribution in [3.8, 4) is 0 Å². The molecule has 1 unspecified atom stereocenters. The highest BCUT2D eigenvalue weighted by Crippen LogP contribution is 2.10. The fraction of sp³-hybridized carbons (Fsp3) is 0.250. The van der Waals surface area contributed by atoms with E-state index < -0.39 is 10.8 Å². The van der Waals surface area contributed by atoms with Crippen LogP contribution in [0.4, 0.5) is 4.39 Å². The first kappa shape index (κ1) is 12.0. The summed E-state index contributed by atoms with van der Waals surface area (Å²) in [7, 11) is 0.678. The molecule has 1 atom stereocenters. The molecule has 1 aromatic heterocycles. The van der Waals surface area contributed by atoms with E-state index in [0.29, 0.717) is 17.1 Å². The van der Waals surface area contributed by atoms with Crippen LogP contribution in [0, 0.1) is 5.82 Å². The van der Waals surface area contributed by atoms with Gasteiger partial charge in [-0.05, 0) is 30.2 Å². The summed E-state index contributed by atoms with van der Waals surface area (Å²) in [6.45, 7) is 0. The number of hydrogen-bond donors (Lipinski definition) is 0. The summed E-state index contributed by atoms with van der Waals surface area (Å²) < 4.78 is 26.5. The summed E-state index contributed by atoms with van der Waals surface area (Å²) in [4.78, 5) is 0.536. The average Bonchev–Trinajstić information content (AvgIpc) is 2.72. The predicted molar refractivity (Wildman–Crippen MR) is 64.6 cm³/mol. The van der Waals surface area contributed by atoms with Crippen LogP contribution in [-0.4, -0.2) is 19.7 Å². The van der Waals surface area contributed by atoms with Crippen molar-refractivity contribution in [1.82, 2.24) is 9.78 Å². The topological polar surface area (TPSA) is 34.9 Å². The van der Waals surface area contributed by atoms with Crippen LogP contribution in [0.1, 0.15) is 5.56 Å². The van der Waals surface area contributed by atoms with Crippen LogP contribution in [0.3, 0.4) is 0 Å². The lowest BCUT2D eigenvalue weighted by Crippen LogP contribution is -2.01. The largest absolute Gasteiger partial charge is 0.276 e. The highest BCUT2D eigenvalue weighted by Gasteiger charge is 2.06.